The van der Waals surface area contributed by atoms with Crippen LogP contribution in [0.5, 0.6) is 0 Å². The Labute approximate surface area is 91.9 Å². The third-order valence-electron chi connectivity index (χ3n) is 2.67. The molecule has 3 heterocycles. The fourth-order valence-corrected chi connectivity index (χ4v) is 3.05. The molecular weight excluding hydrogens is 208 g/mol. The molecule has 2 aromatic heterocycles. The highest BCUT2D eigenvalue weighted by atomic mass is 32.2. The van der Waals surface area contributed by atoms with E-state index in [0.717, 1.165) is 22.9 Å². The fraction of sp³-hybridized carbons (Fsp3) is 0.400. The zero-order chi connectivity index (χ0) is 10.3. The average molecular weight is 220 g/mol. The van der Waals surface area contributed by atoms with Gasteiger partial charge in [0.25, 0.3) is 0 Å². The lowest BCUT2D eigenvalue weighted by Crippen LogP contribution is -1.99. The SMILES string of the molecule is Nc1ccc2nc(C3CCSC3)nn2c1. The van der Waals surface area contributed by atoms with E-state index >= 15 is 0 Å². The summed E-state index contributed by atoms with van der Waals surface area (Å²) in [6.07, 6.45) is 3.00. The maximum atomic E-state index is 5.69. The number of nitrogen functional groups attached to an aromatic ring is 1. The van der Waals surface area contributed by atoms with E-state index < -0.39 is 0 Å². The first kappa shape index (κ1) is 9.03. The number of nitrogens with zero attached hydrogens (tertiary/aromatic N) is 3. The van der Waals surface area contributed by atoms with Crippen molar-refractivity contribution in [2.24, 2.45) is 0 Å². The van der Waals surface area contributed by atoms with E-state index in [-0.39, 0.29) is 0 Å². The van der Waals surface area contributed by atoms with Gasteiger partial charge in [0, 0.05) is 11.7 Å². The van der Waals surface area contributed by atoms with E-state index in [1.165, 1.54) is 12.2 Å². The standard InChI is InChI=1S/C10H12N4S/c11-8-1-2-9-12-10(13-14(9)5-8)7-3-4-15-6-7/h1-2,5,7H,3-4,6,11H2. The van der Waals surface area contributed by atoms with Crippen molar-refractivity contribution in [3.63, 3.8) is 0 Å². The molecule has 0 saturated carbocycles. The number of anilines is 1. The van der Waals surface area contributed by atoms with Gasteiger partial charge in [-0.15, -0.1) is 0 Å². The van der Waals surface area contributed by atoms with Gasteiger partial charge in [-0.3, -0.25) is 0 Å². The van der Waals surface area contributed by atoms with Gasteiger partial charge in [0.1, 0.15) is 0 Å². The van der Waals surface area contributed by atoms with Crippen LogP contribution in [0.25, 0.3) is 5.65 Å². The van der Waals surface area contributed by atoms with Crippen molar-refractivity contribution in [2.45, 2.75) is 12.3 Å². The van der Waals surface area contributed by atoms with Crippen molar-refractivity contribution in [3.05, 3.63) is 24.2 Å². The van der Waals surface area contributed by atoms with Crippen LogP contribution in [0.3, 0.4) is 0 Å². The Balaban J connectivity index is 2.05. The minimum atomic E-state index is 0.524. The first-order valence-electron chi connectivity index (χ1n) is 5.02. The van der Waals surface area contributed by atoms with Gasteiger partial charge < -0.3 is 5.73 Å². The quantitative estimate of drug-likeness (QED) is 0.792. The molecule has 0 radical (unpaired) electrons. The molecule has 0 amide bonds. The number of thioether (sulfide) groups is 1. The minimum Gasteiger partial charge on any atom is -0.397 e. The van der Waals surface area contributed by atoms with E-state index in [1.807, 2.05) is 30.1 Å². The Bertz CT molecular complexity index is 487. The summed E-state index contributed by atoms with van der Waals surface area (Å²) in [4.78, 5) is 4.52. The summed E-state index contributed by atoms with van der Waals surface area (Å²) in [6.45, 7) is 0. The van der Waals surface area contributed by atoms with Crippen molar-refractivity contribution >= 4 is 23.1 Å². The molecule has 0 bridgehead atoms. The first-order chi connectivity index (χ1) is 7.33. The molecule has 78 valence electrons. The molecule has 15 heavy (non-hydrogen) atoms. The second kappa shape index (κ2) is 3.41. The summed E-state index contributed by atoms with van der Waals surface area (Å²) in [5.74, 6) is 3.86. The van der Waals surface area contributed by atoms with Gasteiger partial charge in [0.15, 0.2) is 11.5 Å². The lowest BCUT2D eigenvalue weighted by molar-refractivity contribution is 0.713. The molecule has 0 aliphatic carbocycles. The van der Waals surface area contributed by atoms with Crippen LogP contribution in [0.2, 0.25) is 0 Å². The molecule has 2 N–H and O–H groups in total. The third-order valence-corrected chi connectivity index (χ3v) is 3.83. The van der Waals surface area contributed by atoms with Crippen LogP contribution in [-0.2, 0) is 0 Å². The largest absolute Gasteiger partial charge is 0.397 e. The molecule has 1 aliphatic heterocycles. The number of aromatic nitrogens is 3. The maximum Gasteiger partial charge on any atom is 0.155 e. The Kier molecular flexibility index (Phi) is 2.05. The smallest absolute Gasteiger partial charge is 0.155 e. The van der Waals surface area contributed by atoms with Crippen LogP contribution >= 0.6 is 11.8 Å². The van der Waals surface area contributed by atoms with E-state index in [4.69, 9.17) is 5.73 Å². The molecular formula is C10H12N4S. The monoisotopic (exact) mass is 220 g/mol. The Morgan fingerprint density at radius 3 is 3.20 bits per heavy atom. The van der Waals surface area contributed by atoms with Gasteiger partial charge in [-0.05, 0) is 24.3 Å². The second-order valence-corrected chi connectivity index (χ2v) is 4.95. The number of fused-ring (bicyclic) bond motifs is 1. The van der Waals surface area contributed by atoms with Gasteiger partial charge in [-0.1, -0.05) is 0 Å². The fourth-order valence-electron chi connectivity index (χ4n) is 1.83. The summed E-state index contributed by atoms with van der Waals surface area (Å²) in [5.41, 5.74) is 7.30. The van der Waals surface area contributed by atoms with Crippen molar-refractivity contribution in [3.8, 4) is 0 Å². The van der Waals surface area contributed by atoms with Gasteiger partial charge in [-0.25, -0.2) is 9.50 Å². The van der Waals surface area contributed by atoms with Crippen LogP contribution < -0.4 is 5.73 Å². The summed E-state index contributed by atoms with van der Waals surface area (Å²) >= 11 is 1.98. The van der Waals surface area contributed by atoms with E-state index in [2.05, 4.69) is 10.1 Å². The van der Waals surface area contributed by atoms with Crippen LogP contribution in [0.15, 0.2) is 18.3 Å². The van der Waals surface area contributed by atoms with Gasteiger partial charge in [0.05, 0.1) is 11.9 Å². The average Bonchev–Trinajstić information content (AvgIpc) is 2.84. The Morgan fingerprint density at radius 1 is 1.47 bits per heavy atom. The number of rotatable bonds is 1. The van der Waals surface area contributed by atoms with Crippen LogP contribution in [0.1, 0.15) is 18.2 Å². The highest BCUT2D eigenvalue weighted by molar-refractivity contribution is 7.99. The van der Waals surface area contributed by atoms with Gasteiger partial charge in [0.2, 0.25) is 0 Å². The molecule has 1 saturated heterocycles. The molecule has 2 aromatic rings. The normalized spacial score (nSPS) is 21.2. The topological polar surface area (TPSA) is 56.2 Å². The van der Waals surface area contributed by atoms with Gasteiger partial charge >= 0.3 is 0 Å². The number of hydrogen-bond acceptors (Lipinski definition) is 4. The van der Waals surface area contributed by atoms with Crippen molar-refractivity contribution < 1.29 is 0 Å². The van der Waals surface area contributed by atoms with Crippen LogP contribution in [-0.4, -0.2) is 26.1 Å². The minimum absolute atomic E-state index is 0.524. The highest BCUT2D eigenvalue weighted by Gasteiger charge is 2.21. The maximum absolute atomic E-state index is 5.69. The Hall–Kier alpha value is -1.23. The molecule has 0 aromatic carbocycles. The highest BCUT2D eigenvalue weighted by Crippen LogP contribution is 2.30. The van der Waals surface area contributed by atoms with E-state index in [1.54, 1.807) is 4.52 Å². The lowest BCUT2D eigenvalue weighted by atomic mass is 10.1. The van der Waals surface area contributed by atoms with Crippen molar-refractivity contribution in [1.29, 1.82) is 0 Å². The molecule has 0 spiro atoms. The number of nitrogens with two attached hydrogens (primary N) is 1. The first-order valence-corrected chi connectivity index (χ1v) is 6.18. The third kappa shape index (κ3) is 1.56. The molecule has 4 nitrogen and oxygen atoms in total. The number of hydrogen-bond donors (Lipinski definition) is 1. The lowest BCUT2D eigenvalue weighted by Gasteiger charge is -1.99. The van der Waals surface area contributed by atoms with Crippen molar-refractivity contribution in [1.82, 2.24) is 14.6 Å². The van der Waals surface area contributed by atoms with Crippen molar-refractivity contribution in [2.75, 3.05) is 17.2 Å². The van der Waals surface area contributed by atoms with E-state index in [0.29, 0.717) is 5.92 Å². The molecule has 1 fully saturated rings. The predicted octanol–water partition coefficient (Wildman–Crippen LogP) is 1.53. The summed E-state index contributed by atoms with van der Waals surface area (Å²) in [5, 5.41) is 4.47. The summed E-state index contributed by atoms with van der Waals surface area (Å²) in [7, 11) is 0. The predicted molar refractivity (Wildman–Crippen MR) is 62.1 cm³/mol. The summed E-state index contributed by atoms with van der Waals surface area (Å²) in [6, 6.07) is 3.77. The molecule has 1 unspecified atom stereocenters. The molecule has 3 rings (SSSR count). The molecule has 5 heteroatoms. The van der Waals surface area contributed by atoms with Crippen LogP contribution in [0, 0.1) is 0 Å². The van der Waals surface area contributed by atoms with Gasteiger partial charge in [-0.2, -0.15) is 16.9 Å². The number of pyridine rings is 1. The summed E-state index contributed by atoms with van der Waals surface area (Å²) < 4.78 is 1.77. The zero-order valence-corrected chi connectivity index (χ0v) is 9.07. The molecule has 1 aliphatic rings. The second-order valence-electron chi connectivity index (χ2n) is 3.80. The Morgan fingerprint density at radius 2 is 2.40 bits per heavy atom. The zero-order valence-electron chi connectivity index (χ0n) is 8.26. The molecule has 1 atom stereocenters. The van der Waals surface area contributed by atoms with Crippen LogP contribution in [0.4, 0.5) is 5.69 Å². The van der Waals surface area contributed by atoms with E-state index in [9.17, 15) is 0 Å².